The first-order valence-corrected chi connectivity index (χ1v) is 7.18. The Morgan fingerprint density at radius 1 is 1.45 bits per heavy atom. The van der Waals surface area contributed by atoms with E-state index in [1.54, 1.807) is 17.2 Å². The van der Waals surface area contributed by atoms with Crippen LogP contribution in [-0.4, -0.2) is 55.1 Å². The van der Waals surface area contributed by atoms with Gasteiger partial charge in [-0.15, -0.1) is 5.10 Å². The van der Waals surface area contributed by atoms with Gasteiger partial charge in [0.15, 0.2) is 5.69 Å². The largest absolute Gasteiger partial charge is 0.505 e. The van der Waals surface area contributed by atoms with Crippen molar-refractivity contribution in [2.75, 3.05) is 13.1 Å². The Bertz CT molecular complexity index is 716. The van der Waals surface area contributed by atoms with Crippen LogP contribution in [0.1, 0.15) is 28.6 Å². The minimum Gasteiger partial charge on any atom is -0.505 e. The highest BCUT2D eigenvalue weighted by Gasteiger charge is 2.38. The maximum Gasteiger partial charge on any atom is 0.276 e. The fraction of sp³-hybridized carbons (Fsp3) is 0.429. The number of rotatable bonds is 1. The van der Waals surface area contributed by atoms with Crippen LogP contribution in [0.2, 0.25) is 0 Å². The number of pyridine rings is 1. The third kappa shape index (κ3) is 2.03. The third-order valence-corrected chi connectivity index (χ3v) is 4.20. The maximum atomic E-state index is 12.6. The first kappa shape index (κ1) is 13.2. The number of aromatic nitrogens is 4. The number of likely N-dealkylation sites (tertiary alicyclic amines) is 1. The Morgan fingerprint density at radius 3 is 3.23 bits per heavy atom. The van der Waals surface area contributed by atoms with Gasteiger partial charge in [0.05, 0.1) is 30.6 Å². The SMILES string of the molecule is O=C(c1ncccc1O)N1CCC2OCc3cnnn3C2C1. The molecule has 0 bridgehead atoms. The monoisotopic (exact) mass is 301 g/mol. The summed E-state index contributed by atoms with van der Waals surface area (Å²) in [7, 11) is 0. The molecule has 0 aromatic carbocycles. The van der Waals surface area contributed by atoms with Gasteiger partial charge in [-0.25, -0.2) is 9.67 Å². The average Bonchev–Trinajstić information content (AvgIpc) is 3.03. The molecule has 2 unspecified atom stereocenters. The molecule has 22 heavy (non-hydrogen) atoms. The smallest absolute Gasteiger partial charge is 0.276 e. The summed E-state index contributed by atoms with van der Waals surface area (Å²) in [5.74, 6) is -0.375. The van der Waals surface area contributed by atoms with Crippen molar-refractivity contribution in [3.8, 4) is 5.75 Å². The van der Waals surface area contributed by atoms with E-state index in [1.165, 1.54) is 12.3 Å². The Balaban J connectivity index is 1.59. The molecular weight excluding hydrogens is 286 g/mol. The van der Waals surface area contributed by atoms with Gasteiger partial charge in [-0.1, -0.05) is 5.21 Å². The summed E-state index contributed by atoms with van der Waals surface area (Å²) in [5, 5.41) is 17.8. The predicted octanol–water partition coefficient (Wildman–Crippen LogP) is 0.365. The normalized spacial score (nSPS) is 23.7. The van der Waals surface area contributed by atoms with Gasteiger partial charge >= 0.3 is 0 Å². The molecule has 2 aliphatic rings. The van der Waals surface area contributed by atoms with Crippen LogP contribution in [-0.2, 0) is 11.3 Å². The second kappa shape index (κ2) is 5.06. The second-order valence-corrected chi connectivity index (χ2v) is 5.50. The van der Waals surface area contributed by atoms with E-state index in [0.717, 1.165) is 12.1 Å². The molecule has 2 aromatic heterocycles. The summed E-state index contributed by atoms with van der Waals surface area (Å²) in [6, 6.07) is 3.01. The van der Waals surface area contributed by atoms with Crippen molar-refractivity contribution in [1.29, 1.82) is 0 Å². The van der Waals surface area contributed by atoms with Crippen LogP contribution in [0.15, 0.2) is 24.5 Å². The van der Waals surface area contributed by atoms with Crippen LogP contribution in [0.4, 0.5) is 0 Å². The summed E-state index contributed by atoms with van der Waals surface area (Å²) in [6.07, 6.45) is 3.94. The first-order valence-electron chi connectivity index (χ1n) is 7.18. The van der Waals surface area contributed by atoms with Gasteiger partial charge in [0.25, 0.3) is 5.91 Å². The van der Waals surface area contributed by atoms with E-state index >= 15 is 0 Å². The molecule has 0 spiro atoms. The number of amides is 1. The molecule has 2 aliphatic heterocycles. The lowest BCUT2D eigenvalue weighted by molar-refractivity contribution is -0.0606. The van der Waals surface area contributed by atoms with E-state index in [0.29, 0.717) is 19.7 Å². The number of hydrogen-bond donors (Lipinski definition) is 1. The van der Waals surface area contributed by atoms with Crippen LogP contribution in [0, 0.1) is 0 Å². The molecule has 0 saturated carbocycles. The number of carbonyl (C=O) groups excluding carboxylic acids is 1. The lowest BCUT2D eigenvalue weighted by atomic mass is 10.00. The van der Waals surface area contributed by atoms with Crippen molar-refractivity contribution < 1.29 is 14.6 Å². The first-order chi connectivity index (χ1) is 10.7. The topological polar surface area (TPSA) is 93.4 Å². The standard InChI is InChI=1S/C14H15N5O3/c20-11-2-1-4-15-13(11)14(21)18-5-3-12-10(7-18)19-9(8-22-12)6-16-17-19/h1-2,4,6,10,12,20H,3,5,7-8H2. The van der Waals surface area contributed by atoms with Crippen LogP contribution >= 0.6 is 0 Å². The predicted molar refractivity (Wildman–Crippen MR) is 74.1 cm³/mol. The van der Waals surface area contributed by atoms with Gasteiger partial charge < -0.3 is 14.7 Å². The number of fused-ring (bicyclic) bond motifs is 3. The second-order valence-electron chi connectivity index (χ2n) is 5.50. The molecule has 1 N–H and O–H groups in total. The van der Waals surface area contributed by atoms with Crippen LogP contribution in [0.5, 0.6) is 5.75 Å². The molecule has 4 heterocycles. The molecule has 0 aliphatic carbocycles. The fourth-order valence-corrected chi connectivity index (χ4v) is 3.08. The Kier molecular flexibility index (Phi) is 3.04. The van der Waals surface area contributed by atoms with E-state index in [-0.39, 0.29) is 29.5 Å². The van der Waals surface area contributed by atoms with Crippen LogP contribution < -0.4 is 0 Å². The highest BCUT2D eigenvalue weighted by atomic mass is 16.5. The molecule has 4 rings (SSSR count). The zero-order valence-corrected chi connectivity index (χ0v) is 11.8. The summed E-state index contributed by atoms with van der Waals surface area (Å²) in [5.41, 5.74) is 0.993. The lowest BCUT2D eigenvalue weighted by Gasteiger charge is -2.40. The number of nitrogens with zero attached hydrogens (tertiary/aromatic N) is 5. The number of aromatic hydroxyl groups is 1. The Hall–Kier alpha value is -2.48. The molecule has 8 nitrogen and oxygen atoms in total. The van der Waals surface area contributed by atoms with Crippen LogP contribution in [0.3, 0.4) is 0 Å². The molecule has 1 amide bonds. The molecule has 1 saturated heterocycles. The fourth-order valence-electron chi connectivity index (χ4n) is 3.08. The van der Waals surface area contributed by atoms with Crippen molar-refractivity contribution in [1.82, 2.24) is 24.9 Å². The summed E-state index contributed by atoms with van der Waals surface area (Å²) in [6.45, 7) is 1.54. The number of hydrogen-bond acceptors (Lipinski definition) is 6. The average molecular weight is 301 g/mol. The molecule has 114 valence electrons. The van der Waals surface area contributed by atoms with Crippen molar-refractivity contribution in [3.63, 3.8) is 0 Å². The van der Waals surface area contributed by atoms with Gasteiger partial charge in [-0.3, -0.25) is 4.79 Å². The molecular formula is C14H15N5O3. The molecule has 2 aromatic rings. The quantitative estimate of drug-likeness (QED) is 0.817. The minimum absolute atomic E-state index is 0.0376. The zero-order valence-electron chi connectivity index (χ0n) is 11.8. The van der Waals surface area contributed by atoms with E-state index in [1.807, 2.05) is 4.68 Å². The van der Waals surface area contributed by atoms with E-state index in [9.17, 15) is 9.90 Å². The molecule has 0 radical (unpaired) electrons. The number of piperidine rings is 1. The van der Waals surface area contributed by atoms with Crippen LogP contribution in [0.25, 0.3) is 0 Å². The maximum absolute atomic E-state index is 12.6. The van der Waals surface area contributed by atoms with E-state index in [2.05, 4.69) is 15.3 Å². The molecule has 1 fully saturated rings. The van der Waals surface area contributed by atoms with Crippen molar-refractivity contribution >= 4 is 5.91 Å². The highest BCUT2D eigenvalue weighted by Crippen LogP contribution is 2.31. The zero-order chi connectivity index (χ0) is 15.1. The van der Waals surface area contributed by atoms with Gasteiger partial charge in [-0.05, 0) is 18.6 Å². The lowest BCUT2D eigenvalue weighted by Crippen LogP contribution is -2.50. The van der Waals surface area contributed by atoms with Gasteiger partial charge in [-0.2, -0.15) is 0 Å². The summed E-state index contributed by atoms with van der Waals surface area (Å²) in [4.78, 5) is 18.2. The number of carbonyl (C=O) groups is 1. The third-order valence-electron chi connectivity index (χ3n) is 4.20. The highest BCUT2D eigenvalue weighted by molar-refractivity contribution is 5.94. The van der Waals surface area contributed by atoms with Gasteiger partial charge in [0.1, 0.15) is 5.75 Å². The Morgan fingerprint density at radius 2 is 2.36 bits per heavy atom. The minimum atomic E-state index is -0.274. The van der Waals surface area contributed by atoms with Gasteiger partial charge in [0.2, 0.25) is 0 Å². The summed E-state index contributed by atoms with van der Waals surface area (Å²) < 4.78 is 7.66. The van der Waals surface area contributed by atoms with E-state index < -0.39 is 0 Å². The van der Waals surface area contributed by atoms with Crippen molar-refractivity contribution in [2.45, 2.75) is 25.2 Å². The molecule has 8 heteroatoms. The van der Waals surface area contributed by atoms with Crippen molar-refractivity contribution in [2.24, 2.45) is 0 Å². The van der Waals surface area contributed by atoms with Crippen molar-refractivity contribution in [3.05, 3.63) is 35.9 Å². The number of ether oxygens (including phenoxy) is 1. The summed E-state index contributed by atoms with van der Waals surface area (Å²) >= 11 is 0. The van der Waals surface area contributed by atoms with Gasteiger partial charge in [0, 0.05) is 19.3 Å². The van der Waals surface area contributed by atoms with E-state index in [4.69, 9.17) is 4.74 Å². The molecule has 2 atom stereocenters. The Labute approximate surface area is 126 Å².